The van der Waals surface area contributed by atoms with E-state index in [0.717, 1.165) is 0 Å². The van der Waals surface area contributed by atoms with Crippen LogP contribution >= 0.6 is 0 Å². The third kappa shape index (κ3) is 2.21. The Morgan fingerprint density at radius 3 is 2.75 bits per heavy atom. The maximum Gasteiger partial charge on any atom is 0.326 e. The van der Waals surface area contributed by atoms with E-state index in [9.17, 15) is 14.3 Å². The summed E-state index contributed by atoms with van der Waals surface area (Å²) in [6.45, 7) is 1.66. The van der Waals surface area contributed by atoms with E-state index >= 15 is 0 Å². The van der Waals surface area contributed by atoms with E-state index in [0.29, 0.717) is 12.0 Å². The fraction of sp³-hybridized carbons (Fsp3) is 0.533. The van der Waals surface area contributed by atoms with Gasteiger partial charge < -0.3 is 9.84 Å². The van der Waals surface area contributed by atoms with E-state index < -0.39 is 5.54 Å². The second kappa shape index (κ2) is 5.50. The van der Waals surface area contributed by atoms with E-state index in [1.54, 1.807) is 37.1 Å². The molecular weight excluding hydrogens is 261 g/mol. The van der Waals surface area contributed by atoms with Crippen LogP contribution in [-0.4, -0.2) is 42.3 Å². The molecule has 0 aromatic heterocycles. The molecule has 1 aliphatic heterocycles. The third-order valence-corrected chi connectivity index (χ3v) is 4.39. The van der Waals surface area contributed by atoms with Crippen LogP contribution in [0, 0.1) is 11.7 Å². The normalized spacial score (nSPS) is 30.4. The highest BCUT2D eigenvalue weighted by molar-refractivity contribution is 5.80. The molecule has 0 bridgehead atoms. The molecule has 1 N–H and O–H groups in total. The predicted molar refractivity (Wildman–Crippen MR) is 72.5 cm³/mol. The van der Waals surface area contributed by atoms with Gasteiger partial charge in [-0.1, -0.05) is 18.2 Å². The Morgan fingerprint density at radius 1 is 1.55 bits per heavy atom. The number of ether oxygens (including phenoxy) is 1. The van der Waals surface area contributed by atoms with Crippen molar-refractivity contribution < 1.29 is 19.0 Å². The summed E-state index contributed by atoms with van der Waals surface area (Å²) in [5.74, 6) is -0.893. The van der Waals surface area contributed by atoms with Crippen molar-refractivity contribution in [1.82, 2.24) is 4.90 Å². The first-order valence-electron chi connectivity index (χ1n) is 6.62. The SMILES string of the molecule is COC(=O)[C@]1(C)C[C@@H](CO)[C@@H](c2ccccc2F)N1C. The average Bonchev–Trinajstić information content (AvgIpc) is 2.72. The monoisotopic (exact) mass is 281 g/mol. The summed E-state index contributed by atoms with van der Waals surface area (Å²) >= 11 is 0. The summed E-state index contributed by atoms with van der Waals surface area (Å²) in [4.78, 5) is 13.8. The molecule has 0 unspecified atom stereocenters. The van der Waals surface area contributed by atoms with Gasteiger partial charge in [-0.25, -0.2) is 4.39 Å². The number of benzene rings is 1. The Bertz CT molecular complexity index is 508. The number of likely N-dealkylation sites (tertiary alicyclic amines) is 1. The van der Waals surface area contributed by atoms with Crippen molar-refractivity contribution in [2.24, 2.45) is 5.92 Å². The Balaban J connectivity index is 2.43. The van der Waals surface area contributed by atoms with E-state index in [1.165, 1.54) is 13.2 Å². The van der Waals surface area contributed by atoms with Crippen LogP contribution in [0.15, 0.2) is 24.3 Å². The minimum absolute atomic E-state index is 0.101. The Kier molecular flexibility index (Phi) is 4.11. The van der Waals surface area contributed by atoms with Gasteiger partial charge in [-0.05, 0) is 26.5 Å². The van der Waals surface area contributed by atoms with Crippen LogP contribution in [0.3, 0.4) is 0 Å². The Morgan fingerprint density at radius 2 is 2.20 bits per heavy atom. The number of hydrogen-bond acceptors (Lipinski definition) is 4. The fourth-order valence-corrected chi connectivity index (χ4v) is 3.18. The second-order valence-electron chi connectivity index (χ2n) is 5.49. The van der Waals surface area contributed by atoms with Gasteiger partial charge in [0.05, 0.1) is 7.11 Å². The number of rotatable bonds is 3. The highest BCUT2D eigenvalue weighted by Crippen LogP contribution is 2.46. The maximum absolute atomic E-state index is 14.0. The first-order valence-corrected chi connectivity index (χ1v) is 6.62. The molecule has 4 nitrogen and oxygen atoms in total. The van der Waals surface area contributed by atoms with Gasteiger partial charge in [0.25, 0.3) is 0 Å². The molecule has 1 aromatic rings. The van der Waals surface area contributed by atoms with Crippen LogP contribution in [-0.2, 0) is 9.53 Å². The quantitative estimate of drug-likeness (QED) is 0.858. The summed E-state index contributed by atoms with van der Waals surface area (Å²) in [5, 5.41) is 9.59. The summed E-state index contributed by atoms with van der Waals surface area (Å²) < 4.78 is 18.9. The van der Waals surface area contributed by atoms with Crippen LogP contribution in [0.2, 0.25) is 0 Å². The number of carbonyl (C=O) groups excluding carboxylic acids is 1. The lowest BCUT2D eigenvalue weighted by Crippen LogP contribution is -2.47. The van der Waals surface area contributed by atoms with Gasteiger partial charge >= 0.3 is 5.97 Å². The number of aliphatic hydroxyl groups excluding tert-OH is 1. The Labute approximate surface area is 118 Å². The number of halogens is 1. The van der Waals surface area contributed by atoms with Crippen LogP contribution < -0.4 is 0 Å². The van der Waals surface area contributed by atoms with Gasteiger partial charge in [0, 0.05) is 24.1 Å². The molecule has 0 spiro atoms. The Hall–Kier alpha value is -1.46. The van der Waals surface area contributed by atoms with Crippen molar-refractivity contribution in [2.75, 3.05) is 20.8 Å². The number of likely N-dealkylation sites (N-methyl/N-ethyl adjacent to an activating group) is 1. The summed E-state index contributed by atoms with van der Waals surface area (Å²) in [7, 11) is 3.11. The minimum atomic E-state index is -0.852. The van der Waals surface area contributed by atoms with Crippen molar-refractivity contribution in [1.29, 1.82) is 0 Å². The number of aliphatic hydroxyl groups is 1. The molecule has 2 rings (SSSR count). The molecule has 0 saturated carbocycles. The summed E-state index contributed by atoms with van der Waals surface area (Å²) in [6.07, 6.45) is 0.436. The van der Waals surface area contributed by atoms with Crippen molar-refractivity contribution in [3.05, 3.63) is 35.6 Å². The molecule has 1 fully saturated rings. The van der Waals surface area contributed by atoms with E-state index in [4.69, 9.17) is 4.74 Å². The van der Waals surface area contributed by atoms with Gasteiger partial charge in [-0.3, -0.25) is 9.69 Å². The second-order valence-corrected chi connectivity index (χ2v) is 5.49. The standard InChI is InChI=1S/C15H20FNO3/c1-15(14(19)20-3)8-10(9-18)13(17(15)2)11-6-4-5-7-12(11)16/h4-7,10,13,18H,8-9H2,1-3H3/t10-,13-,15-/m0/s1. The first-order chi connectivity index (χ1) is 9.45. The highest BCUT2D eigenvalue weighted by Gasteiger charge is 2.52. The molecule has 1 saturated heterocycles. The maximum atomic E-state index is 14.0. The molecule has 1 heterocycles. The van der Waals surface area contributed by atoms with Crippen molar-refractivity contribution in [3.63, 3.8) is 0 Å². The van der Waals surface area contributed by atoms with Crippen LogP contribution in [0.25, 0.3) is 0 Å². The zero-order chi connectivity index (χ0) is 14.9. The van der Waals surface area contributed by atoms with Gasteiger partial charge in [0.15, 0.2) is 0 Å². The molecule has 0 amide bonds. The van der Waals surface area contributed by atoms with Gasteiger partial charge in [-0.2, -0.15) is 0 Å². The lowest BCUT2D eigenvalue weighted by molar-refractivity contribution is -0.152. The van der Waals surface area contributed by atoms with Crippen molar-refractivity contribution in [2.45, 2.75) is 24.9 Å². The predicted octanol–water partition coefficient (Wildman–Crippen LogP) is 1.74. The molecule has 0 radical (unpaired) electrons. The highest BCUT2D eigenvalue weighted by atomic mass is 19.1. The summed E-state index contributed by atoms with van der Waals surface area (Å²) in [6, 6.07) is 6.13. The number of esters is 1. The minimum Gasteiger partial charge on any atom is -0.468 e. The molecule has 1 aromatic carbocycles. The van der Waals surface area contributed by atoms with Crippen LogP contribution in [0.4, 0.5) is 4.39 Å². The van der Waals surface area contributed by atoms with E-state index in [1.807, 2.05) is 0 Å². The largest absolute Gasteiger partial charge is 0.468 e. The first kappa shape index (κ1) is 14.9. The molecule has 20 heavy (non-hydrogen) atoms. The molecular formula is C15H20FNO3. The number of methoxy groups -OCH3 is 1. The third-order valence-electron chi connectivity index (χ3n) is 4.39. The van der Waals surface area contributed by atoms with E-state index in [2.05, 4.69) is 0 Å². The molecule has 0 aliphatic carbocycles. The van der Waals surface area contributed by atoms with Gasteiger partial charge in [-0.15, -0.1) is 0 Å². The molecule has 3 atom stereocenters. The number of hydrogen-bond donors (Lipinski definition) is 1. The van der Waals surface area contributed by atoms with Crippen LogP contribution in [0.5, 0.6) is 0 Å². The zero-order valence-corrected chi connectivity index (χ0v) is 12.0. The topological polar surface area (TPSA) is 49.8 Å². The van der Waals surface area contributed by atoms with Crippen molar-refractivity contribution >= 4 is 5.97 Å². The molecule has 5 heteroatoms. The molecule has 110 valence electrons. The van der Waals surface area contributed by atoms with Crippen molar-refractivity contribution in [3.8, 4) is 0 Å². The number of carbonyl (C=O) groups is 1. The van der Waals surface area contributed by atoms with E-state index in [-0.39, 0.29) is 30.4 Å². The van der Waals surface area contributed by atoms with Gasteiger partial charge in [0.1, 0.15) is 11.4 Å². The number of nitrogens with zero attached hydrogens (tertiary/aromatic N) is 1. The van der Waals surface area contributed by atoms with Crippen LogP contribution in [0.1, 0.15) is 24.9 Å². The average molecular weight is 281 g/mol. The zero-order valence-electron chi connectivity index (χ0n) is 12.0. The van der Waals surface area contributed by atoms with Gasteiger partial charge in [0.2, 0.25) is 0 Å². The lowest BCUT2D eigenvalue weighted by Gasteiger charge is -2.33. The smallest absolute Gasteiger partial charge is 0.326 e. The molecule has 1 aliphatic rings. The fourth-order valence-electron chi connectivity index (χ4n) is 3.18. The lowest BCUT2D eigenvalue weighted by atomic mass is 9.90. The summed E-state index contributed by atoms with van der Waals surface area (Å²) in [5.41, 5.74) is -0.351.